The number of rotatable bonds is 5. The molecule has 0 bridgehead atoms. The first-order valence-corrected chi connectivity index (χ1v) is 9.28. The molecule has 3 aromatic rings. The van der Waals surface area contributed by atoms with Gasteiger partial charge in [0.2, 0.25) is 0 Å². The molecule has 7 nitrogen and oxygen atoms in total. The van der Waals surface area contributed by atoms with Gasteiger partial charge in [0.25, 0.3) is 0 Å². The molecule has 1 N–H and O–H groups in total. The van der Waals surface area contributed by atoms with Gasteiger partial charge in [0, 0.05) is 38.6 Å². The van der Waals surface area contributed by atoms with Gasteiger partial charge in [0.1, 0.15) is 5.75 Å². The minimum absolute atomic E-state index is 0.539. The van der Waals surface area contributed by atoms with Gasteiger partial charge >= 0.3 is 0 Å². The Bertz CT molecular complexity index is 901. The highest BCUT2D eigenvalue weighted by Crippen LogP contribution is 2.25. The predicted octanol–water partition coefficient (Wildman–Crippen LogP) is 2.54. The molecule has 2 aromatic heterocycles. The van der Waals surface area contributed by atoms with Gasteiger partial charge < -0.3 is 9.84 Å². The minimum atomic E-state index is -0.539. The van der Waals surface area contributed by atoms with Gasteiger partial charge in [0.05, 0.1) is 30.3 Å². The predicted molar refractivity (Wildman–Crippen MR) is 102 cm³/mol. The molecule has 0 aliphatic carbocycles. The number of fused-ring (bicyclic) bond motifs is 1. The quantitative estimate of drug-likeness (QED) is 0.751. The standard InChI is InChI=1S/C20H25N5O2/c1-15(26)19-12-17-14-23(8-4-10-24(17)22-19)13-16-11-18(27-2)5-6-20(16)25-9-3-7-21-25/h3,5-7,9,11-12,15,26H,4,8,10,13-14H2,1-2H3/t15-/m0/s1. The number of hydrogen-bond acceptors (Lipinski definition) is 5. The summed E-state index contributed by atoms with van der Waals surface area (Å²) < 4.78 is 9.36. The molecule has 0 unspecified atom stereocenters. The van der Waals surface area contributed by atoms with Crippen LogP contribution < -0.4 is 4.74 Å². The van der Waals surface area contributed by atoms with Crippen molar-refractivity contribution in [3.8, 4) is 11.4 Å². The van der Waals surface area contributed by atoms with E-state index >= 15 is 0 Å². The SMILES string of the molecule is COc1ccc(-n2cccn2)c(CN2CCCn3nc([C@H](C)O)cc3C2)c1. The number of methoxy groups -OCH3 is 1. The molecule has 142 valence electrons. The average molecular weight is 367 g/mol. The van der Waals surface area contributed by atoms with Crippen LogP contribution in [0, 0.1) is 0 Å². The number of hydrogen-bond donors (Lipinski definition) is 1. The van der Waals surface area contributed by atoms with Crippen LogP contribution in [0.4, 0.5) is 0 Å². The van der Waals surface area contributed by atoms with Crippen molar-refractivity contribution in [2.75, 3.05) is 13.7 Å². The highest BCUT2D eigenvalue weighted by atomic mass is 16.5. The summed E-state index contributed by atoms with van der Waals surface area (Å²) in [5.74, 6) is 0.845. The van der Waals surface area contributed by atoms with E-state index in [2.05, 4.69) is 27.2 Å². The third-order valence-corrected chi connectivity index (χ3v) is 4.97. The fourth-order valence-electron chi connectivity index (χ4n) is 3.58. The highest BCUT2D eigenvalue weighted by molar-refractivity contribution is 5.45. The van der Waals surface area contributed by atoms with Crippen LogP contribution in [-0.2, 0) is 19.6 Å². The Morgan fingerprint density at radius 1 is 1.26 bits per heavy atom. The summed E-state index contributed by atoms with van der Waals surface area (Å²) >= 11 is 0. The summed E-state index contributed by atoms with van der Waals surface area (Å²) in [4.78, 5) is 2.41. The molecule has 4 rings (SSSR count). The van der Waals surface area contributed by atoms with Gasteiger partial charge in [-0.2, -0.15) is 10.2 Å². The van der Waals surface area contributed by atoms with Crippen molar-refractivity contribution in [1.82, 2.24) is 24.5 Å². The summed E-state index contributed by atoms with van der Waals surface area (Å²) in [7, 11) is 1.69. The largest absolute Gasteiger partial charge is 0.497 e. The Hall–Kier alpha value is -2.64. The zero-order valence-electron chi connectivity index (χ0n) is 15.7. The Labute approximate surface area is 158 Å². The van der Waals surface area contributed by atoms with Gasteiger partial charge in [-0.3, -0.25) is 9.58 Å². The van der Waals surface area contributed by atoms with Gasteiger partial charge in [0.15, 0.2) is 0 Å². The molecule has 0 spiro atoms. The van der Waals surface area contributed by atoms with E-state index in [0.29, 0.717) is 0 Å². The first-order chi connectivity index (χ1) is 13.1. The van der Waals surface area contributed by atoms with E-state index in [9.17, 15) is 5.11 Å². The second-order valence-electron chi connectivity index (χ2n) is 6.97. The van der Waals surface area contributed by atoms with Crippen LogP contribution in [0.2, 0.25) is 0 Å². The molecule has 0 saturated carbocycles. The van der Waals surface area contributed by atoms with Gasteiger partial charge in [-0.05, 0) is 49.2 Å². The van der Waals surface area contributed by atoms with Crippen molar-refractivity contribution >= 4 is 0 Å². The summed E-state index contributed by atoms with van der Waals surface area (Å²) in [6, 6.07) is 10.0. The van der Waals surface area contributed by atoms with E-state index in [1.54, 1.807) is 20.2 Å². The lowest BCUT2D eigenvalue weighted by atomic mass is 10.1. The normalized spacial score (nSPS) is 16.0. The van der Waals surface area contributed by atoms with Crippen molar-refractivity contribution in [3.63, 3.8) is 0 Å². The molecular formula is C20H25N5O2. The zero-order valence-corrected chi connectivity index (χ0v) is 15.7. The third kappa shape index (κ3) is 3.74. The van der Waals surface area contributed by atoms with Gasteiger partial charge in [-0.25, -0.2) is 4.68 Å². The van der Waals surface area contributed by atoms with E-state index in [-0.39, 0.29) is 0 Å². The maximum atomic E-state index is 9.83. The number of aliphatic hydroxyl groups is 1. The molecule has 1 aromatic carbocycles. The average Bonchev–Trinajstić information content (AvgIpc) is 3.29. The maximum Gasteiger partial charge on any atom is 0.119 e. The van der Waals surface area contributed by atoms with E-state index < -0.39 is 6.10 Å². The van der Waals surface area contributed by atoms with E-state index in [1.807, 2.05) is 33.8 Å². The molecule has 1 atom stereocenters. The van der Waals surface area contributed by atoms with Crippen LogP contribution in [0.1, 0.15) is 36.4 Å². The van der Waals surface area contributed by atoms with E-state index in [0.717, 1.165) is 55.4 Å². The summed E-state index contributed by atoms with van der Waals surface area (Å²) in [6.45, 7) is 5.22. The minimum Gasteiger partial charge on any atom is -0.497 e. The van der Waals surface area contributed by atoms with Crippen LogP contribution in [0.25, 0.3) is 5.69 Å². The lowest BCUT2D eigenvalue weighted by molar-refractivity contribution is 0.193. The van der Waals surface area contributed by atoms with Crippen molar-refractivity contribution < 1.29 is 9.84 Å². The number of aliphatic hydroxyl groups excluding tert-OH is 1. The zero-order chi connectivity index (χ0) is 18.8. The number of benzene rings is 1. The Morgan fingerprint density at radius 2 is 2.15 bits per heavy atom. The second kappa shape index (κ2) is 7.54. The van der Waals surface area contributed by atoms with Crippen molar-refractivity contribution in [2.45, 2.75) is 39.1 Å². The molecule has 0 fully saturated rings. The van der Waals surface area contributed by atoms with Crippen LogP contribution >= 0.6 is 0 Å². The van der Waals surface area contributed by atoms with Gasteiger partial charge in [-0.1, -0.05) is 0 Å². The molecule has 1 aliphatic rings. The monoisotopic (exact) mass is 367 g/mol. The fraction of sp³-hybridized carbons (Fsp3) is 0.400. The van der Waals surface area contributed by atoms with Crippen LogP contribution in [0.3, 0.4) is 0 Å². The molecule has 7 heteroatoms. The molecule has 27 heavy (non-hydrogen) atoms. The van der Waals surface area contributed by atoms with Crippen molar-refractivity contribution in [3.05, 3.63) is 59.7 Å². The smallest absolute Gasteiger partial charge is 0.119 e. The second-order valence-corrected chi connectivity index (χ2v) is 6.97. The van der Waals surface area contributed by atoms with Crippen molar-refractivity contribution in [2.24, 2.45) is 0 Å². The summed E-state index contributed by atoms with van der Waals surface area (Å²) in [6.07, 6.45) is 4.23. The van der Waals surface area contributed by atoms with Gasteiger partial charge in [-0.15, -0.1) is 0 Å². The molecule has 0 saturated heterocycles. The Morgan fingerprint density at radius 3 is 2.89 bits per heavy atom. The molecular weight excluding hydrogens is 342 g/mol. The summed E-state index contributed by atoms with van der Waals surface area (Å²) in [5.41, 5.74) is 4.11. The van der Waals surface area contributed by atoms with Crippen LogP contribution in [-0.4, -0.2) is 43.2 Å². The lowest BCUT2D eigenvalue weighted by Gasteiger charge is -2.22. The number of ether oxygens (including phenoxy) is 1. The first-order valence-electron chi connectivity index (χ1n) is 9.28. The number of aryl methyl sites for hydroxylation is 1. The highest BCUT2D eigenvalue weighted by Gasteiger charge is 2.19. The van der Waals surface area contributed by atoms with Crippen molar-refractivity contribution in [1.29, 1.82) is 0 Å². The Kier molecular flexibility index (Phi) is 4.96. The number of aromatic nitrogens is 4. The lowest BCUT2D eigenvalue weighted by Crippen LogP contribution is -2.23. The van der Waals surface area contributed by atoms with E-state index in [4.69, 9.17) is 4.74 Å². The molecule has 1 aliphatic heterocycles. The number of nitrogens with zero attached hydrogens (tertiary/aromatic N) is 5. The topological polar surface area (TPSA) is 68.3 Å². The molecule has 0 radical (unpaired) electrons. The first kappa shape index (κ1) is 17.8. The molecule has 3 heterocycles. The van der Waals surface area contributed by atoms with Crippen LogP contribution in [0.15, 0.2) is 42.7 Å². The van der Waals surface area contributed by atoms with Crippen LogP contribution in [0.5, 0.6) is 5.75 Å². The fourth-order valence-corrected chi connectivity index (χ4v) is 3.58. The Balaban J connectivity index is 1.61. The van der Waals surface area contributed by atoms with E-state index in [1.165, 1.54) is 5.56 Å². The maximum absolute atomic E-state index is 9.83. The molecule has 0 amide bonds. The summed E-state index contributed by atoms with van der Waals surface area (Å²) in [5, 5.41) is 18.8. The third-order valence-electron chi connectivity index (χ3n) is 4.97.